The highest BCUT2D eigenvalue weighted by Gasteiger charge is 2.17. The third-order valence-corrected chi connectivity index (χ3v) is 2.80. The van der Waals surface area contributed by atoms with Crippen LogP contribution in [0.2, 0.25) is 0 Å². The van der Waals surface area contributed by atoms with Crippen LogP contribution in [0, 0.1) is 5.92 Å². The minimum Gasteiger partial charge on any atom is -0.384 e. The van der Waals surface area contributed by atoms with Crippen LogP contribution in [0.25, 0.3) is 0 Å². The summed E-state index contributed by atoms with van der Waals surface area (Å²) in [5.74, 6) is -0.177. The molecule has 1 rings (SSSR count). The Morgan fingerprint density at radius 2 is 1.95 bits per heavy atom. The number of nitrogens with one attached hydrogen (secondary N) is 3. The largest absolute Gasteiger partial charge is 0.384 e. The Kier molecular flexibility index (Phi) is 6.65. The lowest BCUT2D eigenvalue weighted by molar-refractivity contribution is -0.122. The minimum atomic E-state index is -0.591. The van der Waals surface area contributed by atoms with E-state index in [0.717, 1.165) is 12.2 Å². The number of nitrogens with zero attached hydrogens (tertiary/aromatic N) is 1. The summed E-state index contributed by atoms with van der Waals surface area (Å²) < 4.78 is 0. The second-order valence-corrected chi connectivity index (χ2v) is 5.30. The van der Waals surface area contributed by atoms with Gasteiger partial charge in [-0.1, -0.05) is 13.8 Å². The predicted octanol–water partition coefficient (Wildman–Crippen LogP) is 1.40. The summed E-state index contributed by atoms with van der Waals surface area (Å²) in [5, 5.41) is 8.52. The summed E-state index contributed by atoms with van der Waals surface area (Å²) in [5.41, 5.74) is 1.15. The van der Waals surface area contributed by atoms with Crippen molar-refractivity contribution in [1.82, 2.24) is 15.6 Å². The summed E-state index contributed by atoms with van der Waals surface area (Å²) in [7, 11) is 0. The number of carbonyl (C=O) groups excluding carboxylic acids is 2. The van der Waals surface area contributed by atoms with Crippen LogP contribution in [0.5, 0.6) is 0 Å². The molecule has 116 valence electrons. The molecule has 1 unspecified atom stereocenters. The average molecular weight is 292 g/mol. The Hall–Kier alpha value is -2.11. The maximum absolute atomic E-state index is 12.0. The van der Waals surface area contributed by atoms with Crippen LogP contribution in [0.4, 0.5) is 5.69 Å². The van der Waals surface area contributed by atoms with Crippen molar-refractivity contribution in [2.24, 2.45) is 5.92 Å². The maximum Gasteiger partial charge on any atom is 0.270 e. The molecule has 1 atom stereocenters. The molecule has 21 heavy (non-hydrogen) atoms. The summed E-state index contributed by atoms with van der Waals surface area (Å²) in [6.07, 6.45) is 1.60. The van der Waals surface area contributed by atoms with Crippen LogP contribution in [-0.4, -0.2) is 35.9 Å². The van der Waals surface area contributed by atoms with Crippen LogP contribution >= 0.6 is 0 Å². The number of aromatic nitrogens is 1. The highest BCUT2D eigenvalue weighted by molar-refractivity contribution is 5.96. The zero-order valence-corrected chi connectivity index (χ0v) is 13.1. The van der Waals surface area contributed by atoms with E-state index < -0.39 is 6.04 Å². The maximum atomic E-state index is 12.0. The molecule has 6 nitrogen and oxygen atoms in total. The Bertz CT molecular complexity index is 471. The minimum absolute atomic E-state index is 0.193. The van der Waals surface area contributed by atoms with E-state index in [1.165, 1.54) is 0 Å². The van der Waals surface area contributed by atoms with Crippen LogP contribution < -0.4 is 16.0 Å². The standard InChI is InChI=1S/C15H24N4O2/c1-5-16-12-6-7-13(17-9-12)15(21)19-11(4)14(20)18-8-10(2)3/h6-7,9-11,16H,5,8H2,1-4H3,(H,18,20)(H,19,21). The molecule has 6 heteroatoms. The first kappa shape index (κ1) is 16.9. The monoisotopic (exact) mass is 292 g/mol. The molecule has 1 aromatic heterocycles. The van der Waals surface area contributed by atoms with Gasteiger partial charge in [-0.2, -0.15) is 0 Å². The van der Waals surface area contributed by atoms with E-state index in [0.29, 0.717) is 18.2 Å². The van der Waals surface area contributed by atoms with Gasteiger partial charge in [0.15, 0.2) is 0 Å². The zero-order valence-electron chi connectivity index (χ0n) is 13.1. The lowest BCUT2D eigenvalue weighted by Gasteiger charge is -2.15. The summed E-state index contributed by atoms with van der Waals surface area (Å²) in [6, 6.07) is 2.83. The Labute approximate surface area is 125 Å². The first-order valence-corrected chi connectivity index (χ1v) is 7.22. The van der Waals surface area contributed by atoms with E-state index in [2.05, 4.69) is 20.9 Å². The van der Waals surface area contributed by atoms with Gasteiger partial charge in [-0.05, 0) is 31.9 Å². The molecule has 0 fully saturated rings. The lowest BCUT2D eigenvalue weighted by atomic mass is 10.2. The highest BCUT2D eigenvalue weighted by atomic mass is 16.2. The Balaban J connectivity index is 2.53. The molecular weight excluding hydrogens is 268 g/mol. The molecule has 1 aromatic rings. The third-order valence-electron chi connectivity index (χ3n) is 2.80. The molecule has 0 aliphatic rings. The van der Waals surface area contributed by atoms with Gasteiger partial charge < -0.3 is 16.0 Å². The quantitative estimate of drug-likeness (QED) is 0.709. The van der Waals surface area contributed by atoms with Gasteiger partial charge in [0.05, 0.1) is 11.9 Å². The van der Waals surface area contributed by atoms with Gasteiger partial charge in [-0.25, -0.2) is 4.98 Å². The zero-order chi connectivity index (χ0) is 15.8. The first-order chi connectivity index (χ1) is 9.93. The second-order valence-electron chi connectivity index (χ2n) is 5.30. The SMILES string of the molecule is CCNc1ccc(C(=O)NC(C)C(=O)NCC(C)C)nc1. The van der Waals surface area contributed by atoms with Gasteiger partial charge in [0.25, 0.3) is 5.91 Å². The summed E-state index contributed by atoms with van der Waals surface area (Å²) >= 11 is 0. The number of carbonyl (C=O) groups is 2. The van der Waals surface area contributed by atoms with Crippen LogP contribution in [0.3, 0.4) is 0 Å². The summed E-state index contributed by atoms with van der Waals surface area (Å²) in [4.78, 5) is 27.9. The normalized spacial score (nSPS) is 11.9. The van der Waals surface area contributed by atoms with E-state index in [-0.39, 0.29) is 11.8 Å². The smallest absolute Gasteiger partial charge is 0.270 e. The molecule has 0 radical (unpaired) electrons. The average Bonchev–Trinajstić information content (AvgIpc) is 2.45. The van der Waals surface area contributed by atoms with E-state index in [1.807, 2.05) is 20.8 Å². The molecule has 2 amide bonds. The highest BCUT2D eigenvalue weighted by Crippen LogP contribution is 2.05. The molecule has 0 aromatic carbocycles. The first-order valence-electron chi connectivity index (χ1n) is 7.22. The Morgan fingerprint density at radius 1 is 1.24 bits per heavy atom. The molecule has 0 aliphatic heterocycles. The van der Waals surface area contributed by atoms with E-state index in [4.69, 9.17) is 0 Å². The fraction of sp³-hybridized carbons (Fsp3) is 0.533. The van der Waals surface area contributed by atoms with Crippen molar-refractivity contribution in [1.29, 1.82) is 0 Å². The van der Waals surface area contributed by atoms with E-state index >= 15 is 0 Å². The predicted molar refractivity (Wildman–Crippen MR) is 83.2 cm³/mol. The molecule has 0 spiro atoms. The van der Waals surface area contributed by atoms with Crippen LogP contribution in [-0.2, 0) is 4.79 Å². The van der Waals surface area contributed by atoms with Crippen molar-refractivity contribution >= 4 is 17.5 Å². The van der Waals surface area contributed by atoms with Gasteiger partial charge in [0.1, 0.15) is 11.7 Å². The molecular formula is C15H24N4O2. The molecule has 0 saturated carbocycles. The van der Waals surface area contributed by atoms with Crippen molar-refractivity contribution < 1.29 is 9.59 Å². The van der Waals surface area contributed by atoms with Crippen LogP contribution in [0.1, 0.15) is 38.2 Å². The molecule has 0 saturated heterocycles. The fourth-order valence-corrected chi connectivity index (χ4v) is 1.63. The van der Waals surface area contributed by atoms with Crippen molar-refractivity contribution in [2.45, 2.75) is 33.7 Å². The third kappa shape index (κ3) is 5.81. The summed E-state index contributed by atoms with van der Waals surface area (Å²) in [6.45, 7) is 9.05. The topological polar surface area (TPSA) is 83.1 Å². The van der Waals surface area contributed by atoms with Crippen LogP contribution in [0.15, 0.2) is 18.3 Å². The molecule has 1 heterocycles. The van der Waals surface area contributed by atoms with Crippen molar-refractivity contribution in [3.05, 3.63) is 24.0 Å². The van der Waals surface area contributed by atoms with Gasteiger partial charge >= 0.3 is 0 Å². The Morgan fingerprint density at radius 3 is 2.48 bits per heavy atom. The van der Waals surface area contributed by atoms with Crippen molar-refractivity contribution in [3.63, 3.8) is 0 Å². The van der Waals surface area contributed by atoms with Crippen molar-refractivity contribution in [2.75, 3.05) is 18.4 Å². The molecule has 3 N–H and O–H groups in total. The number of amides is 2. The fourth-order valence-electron chi connectivity index (χ4n) is 1.63. The molecule has 0 bridgehead atoms. The molecule has 0 aliphatic carbocycles. The number of hydrogen-bond acceptors (Lipinski definition) is 4. The lowest BCUT2D eigenvalue weighted by Crippen LogP contribution is -2.45. The van der Waals surface area contributed by atoms with Gasteiger partial charge in [-0.3, -0.25) is 9.59 Å². The number of hydrogen-bond donors (Lipinski definition) is 3. The second kappa shape index (κ2) is 8.24. The number of rotatable bonds is 7. The number of anilines is 1. The van der Waals surface area contributed by atoms with Crippen molar-refractivity contribution in [3.8, 4) is 0 Å². The van der Waals surface area contributed by atoms with Gasteiger partial charge in [0, 0.05) is 13.1 Å². The van der Waals surface area contributed by atoms with E-state index in [1.54, 1.807) is 25.3 Å². The number of pyridine rings is 1. The van der Waals surface area contributed by atoms with Gasteiger partial charge in [0.2, 0.25) is 5.91 Å². The van der Waals surface area contributed by atoms with E-state index in [9.17, 15) is 9.59 Å². The van der Waals surface area contributed by atoms with Gasteiger partial charge in [-0.15, -0.1) is 0 Å².